The standard InChI is InChI=1S/C17H23FN2O3/c1-2-23-17(22)13-4-3-10-20(12-13)11-9-16(21)19-15-7-5-14(18)6-8-15/h5-8,13H,2-4,9-12H2,1H3,(H,19,21)/t13-/m1/s1. The van der Waals surface area contributed by atoms with E-state index in [0.29, 0.717) is 31.8 Å². The van der Waals surface area contributed by atoms with Crippen LogP contribution in [-0.2, 0) is 14.3 Å². The van der Waals surface area contributed by atoms with Crippen molar-refractivity contribution >= 4 is 17.6 Å². The van der Waals surface area contributed by atoms with Crippen LogP contribution in [0.1, 0.15) is 26.2 Å². The first-order chi connectivity index (χ1) is 11.1. The molecule has 1 heterocycles. The fourth-order valence-corrected chi connectivity index (χ4v) is 2.73. The van der Waals surface area contributed by atoms with Crippen LogP contribution in [0.25, 0.3) is 0 Å². The summed E-state index contributed by atoms with van der Waals surface area (Å²) < 4.78 is 17.9. The van der Waals surface area contributed by atoms with Gasteiger partial charge in [0, 0.05) is 25.2 Å². The molecule has 0 aromatic heterocycles. The van der Waals surface area contributed by atoms with Crippen LogP contribution < -0.4 is 5.32 Å². The van der Waals surface area contributed by atoms with Gasteiger partial charge in [-0.25, -0.2) is 4.39 Å². The number of amides is 1. The number of anilines is 1. The summed E-state index contributed by atoms with van der Waals surface area (Å²) in [5.41, 5.74) is 0.583. The Morgan fingerprint density at radius 1 is 1.35 bits per heavy atom. The molecule has 1 aromatic carbocycles. The van der Waals surface area contributed by atoms with E-state index in [1.807, 2.05) is 0 Å². The van der Waals surface area contributed by atoms with Crippen LogP contribution in [0.3, 0.4) is 0 Å². The first-order valence-electron chi connectivity index (χ1n) is 8.03. The van der Waals surface area contributed by atoms with Crippen molar-refractivity contribution in [1.82, 2.24) is 4.90 Å². The molecule has 0 unspecified atom stereocenters. The van der Waals surface area contributed by atoms with Crippen molar-refractivity contribution in [3.05, 3.63) is 30.1 Å². The van der Waals surface area contributed by atoms with Crippen LogP contribution in [0.15, 0.2) is 24.3 Å². The van der Waals surface area contributed by atoms with Crippen molar-refractivity contribution in [2.45, 2.75) is 26.2 Å². The number of benzene rings is 1. The monoisotopic (exact) mass is 322 g/mol. The third kappa shape index (κ3) is 5.63. The van der Waals surface area contributed by atoms with Crippen LogP contribution in [0, 0.1) is 11.7 Å². The van der Waals surface area contributed by atoms with Gasteiger partial charge in [-0.15, -0.1) is 0 Å². The molecule has 1 N–H and O–H groups in total. The van der Waals surface area contributed by atoms with E-state index in [1.165, 1.54) is 24.3 Å². The van der Waals surface area contributed by atoms with Crippen molar-refractivity contribution < 1.29 is 18.7 Å². The van der Waals surface area contributed by atoms with Gasteiger partial charge in [-0.3, -0.25) is 9.59 Å². The fourth-order valence-electron chi connectivity index (χ4n) is 2.73. The highest BCUT2D eigenvalue weighted by molar-refractivity contribution is 5.90. The van der Waals surface area contributed by atoms with Gasteiger partial charge >= 0.3 is 5.97 Å². The number of ether oxygens (including phenoxy) is 1. The van der Waals surface area contributed by atoms with Crippen molar-refractivity contribution in [1.29, 1.82) is 0 Å². The molecule has 23 heavy (non-hydrogen) atoms. The molecule has 1 atom stereocenters. The number of hydrogen-bond donors (Lipinski definition) is 1. The van der Waals surface area contributed by atoms with Gasteiger partial charge in [0.2, 0.25) is 5.91 Å². The smallest absolute Gasteiger partial charge is 0.310 e. The number of carbonyl (C=O) groups excluding carboxylic acids is 2. The lowest BCUT2D eigenvalue weighted by Gasteiger charge is -2.31. The third-order valence-electron chi connectivity index (χ3n) is 3.91. The Hall–Kier alpha value is -1.95. The average Bonchev–Trinajstić information content (AvgIpc) is 2.56. The highest BCUT2D eigenvalue weighted by atomic mass is 19.1. The maximum Gasteiger partial charge on any atom is 0.310 e. The molecule has 1 aliphatic rings. The Morgan fingerprint density at radius 2 is 2.09 bits per heavy atom. The lowest BCUT2D eigenvalue weighted by Crippen LogP contribution is -2.40. The number of rotatable bonds is 6. The Balaban J connectivity index is 1.75. The Kier molecular flexibility index (Phi) is 6.52. The Bertz CT molecular complexity index is 533. The lowest BCUT2D eigenvalue weighted by atomic mass is 9.98. The predicted octanol–water partition coefficient (Wildman–Crippen LogP) is 2.43. The molecule has 1 aromatic rings. The van der Waals surface area contributed by atoms with Gasteiger partial charge in [-0.05, 0) is 50.6 Å². The molecule has 0 bridgehead atoms. The molecule has 126 valence electrons. The summed E-state index contributed by atoms with van der Waals surface area (Å²) in [7, 11) is 0. The second-order valence-electron chi connectivity index (χ2n) is 5.70. The Labute approximate surface area is 135 Å². The number of halogens is 1. The van der Waals surface area contributed by atoms with Crippen molar-refractivity contribution in [2.24, 2.45) is 5.92 Å². The zero-order valence-corrected chi connectivity index (χ0v) is 13.4. The zero-order chi connectivity index (χ0) is 16.7. The maximum atomic E-state index is 12.8. The molecular formula is C17H23FN2O3. The van der Waals surface area contributed by atoms with Crippen LogP contribution in [0.2, 0.25) is 0 Å². The minimum atomic E-state index is -0.332. The molecular weight excluding hydrogens is 299 g/mol. The van der Waals surface area contributed by atoms with E-state index < -0.39 is 0 Å². The van der Waals surface area contributed by atoms with E-state index >= 15 is 0 Å². The van der Waals surface area contributed by atoms with Crippen molar-refractivity contribution in [3.8, 4) is 0 Å². The SMILES string of the molecule is CCOC(=O)[C@@H]1CCCN(CCC(=O)Nc2ccc(F)cc2)C1. The van der Waals surface area contributed by atoms with Gasteiger partial charge in [0.05, 0.1) is 12.5 Å². The maximum absolute atomic E-state index is 12.8. The van der Waals surface area contributed by atoms with E-state index in [2.05, 4.69) is 10.2 Å². The van der Waals surface area contributed by atoms with Crippen molar-refractivity contribution in [3.63, 3.8) is 0 Å². The number of esters is 1. The number of nitrogens with one attached hydrogen (secondary N) is 1. The first-order valence-corrected chi connectivity index (χ1v) is 8.03. The van der Waals surface area contributed by atoms with Crippen LogP contribution in [-0.4, -0.2) is 43.0 Å². The van der Waals surface area contributed by atoms with E-state index in [-0.39, 0.29) is 23.6 Å². The minimum Gasteiger partial charge on any atom is -0.466 e. The zero-order valence-electron chi connectivity index (χ0n) is 13.4. The van der Waals surface area contributed by atoms with Gasteiger partial charge in [0.15, 0.2) is 0 Å². The number of likely N-dealkylation sites (tertiary alicyclic amines) is 1. The number of hydrogen-bond acceptors (Lipinski definition) is 4. The molecule has 6 heteroatoms. The summed E-state index contributed by atoms with van der Waals surface area (Å²) in [5.74, 6) is -0.687. The molecule has 0 spiro atoms. The minimum absolute atomic E-state index is 0.0936. The summed E-state index contributed by atoms with van der Waals surface area (Å²) in [4.78, 5) is 25.8. The number of carbonyl (C=O) groups is 2. The number of nitrogens with zero attached hydrogens (tertiary/aromatic N) is 1. The summed E-state index contributed by atoms with van der Waals surface area (Å²) >= 11 is 0. The summed E-state index contributed by atoms with van der Waals surface area (Å²) in [6.45, 7) is 4.33. The van der Waals surface area contributed by atoms with Gasteiger partial charge in [0.25, 0.3) is 0 Å². The molecule has 1 fully saturated rings. The molecule has 0 radical (unpaired) electrons. The first kappa shape index (κ1) is 17.4. The quantitative estimate of drug-likeness (QED) is 0.817. The molecule has 5 nitrogen and oxygen atoms in total. The van der Waals surface area contributed by atoms with E-state index in [0.717, 1.165) is 19.4 Å². The van der Waals surface area contributed by atoms with Crippen LogP contribution >= 0.6 is 0 Å². The average molecular weight is 322 g/mol. The predicted molar refractivity (Wildman–Crippen MR) is 85.4 cm³/mol. The third-order valence-corrected chi connectivity index (χ3v) is 3.91. The summed E-state index contributed by atoms with van der Waals surface area (Å²) in [6.07, 6.45) is 2.12. The molecule has 2 rings (SSSR count). The molecule has 1 aliphatic heterocycles. The van der Waals surface area contributed by atoms with Gasteiger partial charge < -0.3 is 15.0 Å². The fraction of sp³-hybridized carbons (Fsp3) is 0.529. The summed E-state index contributed by atoms with van der Waals surface area (Å²) in [5, 5.41) is 2.74. The second kappa shape index (κ2) is 8.62. The molecule has 1 amide bonds. The Morgan fingerprint density at radius 3 is 2.78 bits per heavy atom. The molecule has 0 saturated carbocycles. The summed E-state index contributed by atoms with van der Waals surface area (Å²) in [6, 6.07) is 5.68. The molecule has 1 saturated heterocycles. The highest BCUT2D eigenvalue weighted by Crippen LogP contribution is 2.18. The van der Waals surface area contributed by atoms with Gasteiger partial charge in [-0.1, -0.05) is 0 Å². The van der Waals surface area contributed by atoms with E-state index in [4.69, 9.17) is 4.74 Å². The highest BCUT2D eigenvalue weighted by Gasteiger charge is 2.26. The van der Waals surface area contributed by atoms with Crippen molar-refractivity contribution in [2.75, 3.05) is 31.6 Å². The largest absolute Gasteiger partial charge is 0.466 e. The topological polar surface area (TPSA) is 58.6 Å². The normalized spacial score (nSPS) is 18.4. The van der Waals surface area contributed by atoms with Gasteiger partial charge in [-0.2, -0.15) is 0 Å². The second-order valence-corrected chi connectivity index (χ2v) is 5.70. The van der Waals surface area contributed by atoms with E-state index in [1.54, 1.807) is 6.92 Å². The van der Waals surface area contributed by atoms with E-state index in [9.17, 15) is 14.0 Å². The van der Waals surface area contributed by atoms with Crippen LogP contribution in [0.5, 0.6) is 0 Å². The lowest BCUT2D eigenvalue weighted by molar-refractivity contribution is -0.149. The number of piperidine rings is 1. The molecule has 0 aliphatic carbocycles. The van der Waals surface area contributed by atoms with Crippen LogP contribution in [0.4, 0.5) is 10.1 Å². The van der Waals surface area contributed by atoms with Gasteiger partial charge in [0.1, 0.15) is 5.82 Å².